The van der Waals surface area contributed by atoms with Gasteiger partial charge in [-0.05, 0) is 30.3 Å². The van der Waals surface area contributed by atoms with Gasteiger partial charge in [0.15, 0.2) is 17.3 Å². The monoisotopic (exact) mass is 409 g/mol. The summed E-state index contributed by atoms with van der Waals surface area (Å²) in [5.74, 6) is 1.99. The topological polar surface area (TPSA) is 98.7 Å². The summed E-state index contributed by atoms with van der Waals surface area (Å²) in [6, 6.07) is 9.42. The van der Waals surface area contributed by atoms with Gasteiger partial charge >= 0.3 is 0 Å². The summed E-state index contributed by atoms with van der Waals surface area (Å²) in [4.78, 5) is 27.5. The Balaban J connectivity index is 1.83. The number of aromatic nitrogens is 3. The summed E-state index contributed by atoms with van der Waals surface area (Å²) in [5.41, 5.74) is 2.96. The molecule has 0 saturated carbocycles. The lowest BCUT2D eigenvalue weighted by Crippen LogP contribution is -2.37. The van der Waals surface area contributed by atoms with Gasteiger partial charge in [0.1, 0.15) is 5.52 Å². The number of nitrogens with zero attached hydrogens (tertiary/aromatic N) is 4. The molecule has 1 fully saturated rings. The predicted octanol–water partition coefficient (Wildman–Crippen LogP) is 2.50. The average Bonchev–Trinajstić information content (AvgIpc) is 2.78. The molecule has 1 aromatic carbocycles. The van der Waals surface area contributed by atoms with Gasteiger partial charge in [0.25, 0.3) is 0 Å². The number of fused-ring (bicyclic) bond motifs is 1. The van der Waals surface area contributed by atoms with E-state index in [4.69, 9.17) is 19.2 Å². The van der Waals surface area contributed by atoms with Gasteiger partial charge in [-0.1, -0.05) is 0 Å². The van der Waals surface area contributed by atoms with E-state index in [1.54, 1.807) is 14.2 Å². The Morgan fingerprint density at radius 3 is 2.50 bits per heavy atom. The number of ether oxygens (including phenoxy) is 3. The van der Waals surface area contributed by atoms with Gasteiger partial charge in [0.05, 0.1) is 38.6 Å². The SMILES string of the molecule is COc1ccc(-c2ccc3nc(NC(C)=O)nc(N4CCOCC4)c3n2)cc1OC. The number of nitrogens with one attached hydrogen (secondary N) is 1. The molecule has 9 heteroatoms. The third-order valence-corrected chi connectivity index (χ3v) is 4.80. The summed E-state index contributed by atoms with van der Waals surface area (Å²) < 4.78 is 16.2. The molecule has 30 heavy (non-hydrogen) atoms. The second-order valence-electron chi connectivity index (χ2n) is 6.79. The Morgan fingerprint density at radius 1 is 1.03 bits per heavy atom. The third-order valence-electron chi connectivity index (χ3n) is 4.80. The Hall–Kier alpha value is -3.46. The minimum Gasteiger partial charge on any atom is -0.493 e. The smallest absolute Gasteiger partial charge is 0.232 e. The van der Waals surface area contributed by atoms with Crippen LogP contribution in [0.15, 0.2) is 30.3 Å². The van der Waals surface area contributed by atoms with Crippen LogP contribution >= 0.6 is 0 Å². The second-order valence-corrected chi connectivity index (χ2v) is 6.79. The first-order chi connectivity index (χ1) is 14.6. The van der Waals surface area contributed by atoms with E-state index in [-0.39, 0.29) is 11.9 Å². The van der Waals surface area contributed by atoms with Gasteiger partial charge < -0.3 is 19.1 Å². The first kappa shape index (κ1) is 19.8. The fourth-order valence-electron chi connectivity index (χ4n) is 3.36. The first-order valence-electron chi connectivity index (χ1n) is 9.60. The number of carbonyl (C=O) groups excluding carboxylic acids is 1. The largest absolute Gasteiger partial charge is 0.493 e. The van der Waals surface area contributed by atoms with E-state index in [9.17, 15) is 4.79 Å². The third kappa shape index (κ3) is 3.97. The van der Waals surface area contributed by atoms with Crippen molar-refractivity contribution in [3.63, 3.8) is 0 Å². The number of morpholine rings is 1. The minimum absolute atomic E-state index is 0.225. The number of rotatable bonds is 5. The Kier molecular flexibility index (Phi) is 5.62. The molecule has 3 aromatic rings. The summed E-state index contributed by atoms with van der Waals surface area (Å²) in [6.07, 6.45) is 0. The number of hydrogen-bond acceptors (Lipinski definition) is 8. The number of anilines is 2. The van der Waals surface area contributed by atoms with Crippen LogP contribution in [0.4, 0.5) is 11.8 Å². The van der Waals surface area contributed by atoms with Crippen molar-refractivity contribution in [3.05, 3.63) is 30.3 Å². The first-order valence-corrected chi connectivity index (χ1v) is 9.60. The van der Waals surface area contributed by atoms with Crippen molar-refractivity contribution < 1.29 is 19.0 Å². The van der Waals surface area contributed by atoms with Gasteiger partial charge in [-0.2, -0.15) is 4.98 Å². The number of amides is 1. The summed E-state index contributed by atoms with van der Waals surface area (Å²) in [5, 5.41) is 2.67. The van der Waals surface area contributed by atoms with Crippen molar-refractivity contribution in [1.29, 1.82) is 0 Å². The van der Waals surface area contributed by atoms with E-state index in [1.165, 1.54) is 6.92 Å². The van der Waals surface area contributed by atoms with Crippen LogP contribution in [-0.4, -0.2) is 61.4 Å². The molecule has 1 aliphatic heterocycles. The normalized spacial score (nSPS) is 13.9. The molecule has 1 amide bonds. The highest BCUT2D eigenvalue weighted by Crippen LogP contribution is 2.33. The molecule has 0 unspecified atom stereocenters. The van der Waals surface area contributed by atoms with E-state index in [1.807, 2.05) is 30.3 Å². The van der Waals surface area contributed by atoms with Crippen LogP contribution in [0.3, 0.4) is 0 Å². The van der Waals surface area contributed by atoms with Crippen LogP contribution in [-0.2, 0) is 9.53 Å². The average molecular weight is 409 g/mol. The fraction of sp³-hybridized carbons (Fsp3) is 0.333. The maximum atomic E-state index is 11.5. The van der Waals surface area contributed by atoms with Crippen molar-refractivity contribution in [2.45, 2.75) is 6.92 Å². The molecule has 1 N–H and O–H groups in total. The molecule has 4 rings (SSSR count). The fourth-order valence-corrected chi connectivity index (χ4v) is 3.36. The second kappa shape index (κ2) is 8.50. The molecule has 0 spiro atoms. The van der Waals surface area contributed by atoms with Crippen molar-refractivity contribution in [1.82, 2.24) is 15.0 Å². The Labute approximate surface area is 174 Å². The standard InChI is InChI=1S/C21H23N5O4/c1-13(27)22-21-24-16-6-5-15(14-4-7-17(28-2)18(12-14)29-3)23-19(16)20(25-21)26-8-10-30-11-9-26/h4-7,12H,8-11H2,1-3H3,(H,22,24,25,27). The molecule has 156 valence electrons. The molecular weight excluding hydrogens is 386 g/mol. The van der Waals surface area contributed by atoms with Gasteiger partial charge in [-0.25, -0.2) is 9.97 Å². The van der Waals surface area contributed by atoms with Crippen LogP contribution in [0.2, 0.25) is 0 Å². The van der Waals surface area contributed by atoms with Gasteiger partial charge in [-0.15, -0.1) is 0 Å². The molecule has 9 nitrogen and oxygen atoms in total. The Morgan fingerprint density at radius 2 is 1.80 bits per heavy atom. The number of hydrogen-bond donors (Lipinski definition) is 1. The molecule has 2 aromatic heterocycles. The van der Waals surface area contributed by atoms with Crippen LogP contribution in [0, 0.1) is 0 Å². The highest BCUT2D eigenvalue weighted by Gasteiger charge is 2.20. The lowest BCUT2D eigenvalue weighted by molar-refractivity contribution is -0.114. The molecule has 1 aliphatic rings. The van der Waals surface area contributed by atoms with Crippen molar-refractivity contribution in [3.8, 4) is 22.8 Å². The zero-order valence-electron chi connectivity index (χ0n) is 17.1. The number of benzene rings is 1. The quantitative estimate of drug-likeness (QED) is 0.686. The van der Waals surface area contributed by atoms with Crippen LogP contribution in [0.25, 0.3) is 22.3 Å². The van der Waals surface area contributed by atoms with Crippen LogP contribution in [0.5, 0.6) is 11.5 Å². The molecule has 1 saturated heterocycles. The van der Waals surface area contributed by atoms with E-state index in [2.05, 4.69) is 20.2 Å². The minimum atomic E-state index is -0.225. The number of methoxy groups -OCH3 is 2. The number of carbonyl (C=O) groups is 1. The molecule has 0 atom stereocenters. The predicted molar refractivity (Wildman–Crippen MR) is 113 cm³/mol. The van der Waals surface area contributed by atoms with E-state index < -0.39 is 0 Å². The van der Waals surface area contributed by atoms with E-state index >= 15 is 0 Å². The lowest BCUT2D eigenvalue weighted by Gasteiger charge is -2.28. The summed E-state index contributed by atoms with van der Waals surface area (Å²) in [7, 11) is 3.20. The van der Waals surface area contributed by atoms with Gasteiger partial charge in [0.2, 0.25) is 11.9 Å². The summed E-state index contributed by atoms with van der Waals surface area (Å²) >= 11 is 0. The highest BCUT2D eigenvalue weighted by molar-refractivity contribution is 5.92. The van der Waals surface area contributed by atoms with Crippen molar-refractivity contribution in [2.75, 3.05) is 50.7 Å². The van der Waals surface area contributed by atoms with Crippen molar-refractivity contribution >= 4 is 28.7 Å². The van der Waals surface area contributed by atoms with E-state index in [0.29, 0.717) is 54.7 Å². The van der Waals surface area contributed by atoms with Crippen LogP contribution in [0.1, 0.15) is 6.92 Å². The van der Waals surface area contributed by atoms with Crippen LogP contribution < -0.4 is 19.7 Å². The lowest BCUT2D eigenvalue weighted by atomic mass is 10.1. The summed E-state index contributed by atoms with van der Waals surface area (Å²) in [6.45, 7) is 4.02. The molecule has 3 heterocycles. The molecule has 0 aliphatic carbocycles. The molecule has 0 bridgehead atoms. The molecular formula is C21H23N5O4. The zero-order valence-corrected chi connectivity index (χ0v) is 17.1. The van der Waals surface area contributed by atoms with Gasteiger partial charge in [0, 0.05) is 25.6 Å². The van der Waals surface area contributed by atoms with E-state index in [0.717, 1.165) is 11.3 Å². The van der Waals surface area contributed by atoms with Crippen molar-refractivity contribution in [2.24, 2.45) is 0 Å². The zero-order chi connectivity index (χ0) is 21.1. The molecule has 0 radical (unpaired) electrons. The van der Waals surface area contributed by atoms with Gasteiger partial charge in [-0.3, -0.25) is 10.1 Å². The highest BCUT2D eigenvalue weighted by atomic mass is 16.5. The Bertz CT molecular complexity index is 1080. The maximum Gasteiger partial charge on any atom is 0.232 e. The maximum absolute atomic E-state index is 11.5. The number of pyridine rings is 1.